The summed E-state index contributed by atoms with van der Waals surface area (Å²) in [6, 6.07) is 7.60. The molecule has 0 aliphatic rings. The molecule has 0 aliphatic carbocycles. The second-order valence-corrected chi connectivity index (χ2v) is 5.06. The predicted molar refractivity (Wildman–Crippen MR) is 69.2 cm³/mol. The lowest BCUT2D eigenvalue weighted by atomic mass is 10.1. The van der Waals surface area contributed by atoms with E-state index in [9.17, 15) is 4.79 Å². The number of carbonyl (C=O) groups is 1. The Balaban J connectivity index is 2.74. The molecule has 0 saturated carbocycles. The van der Waals surface area contributed by atoms with Crippen LogP contribution in [0.2, 0.25) is 0 Å². The molecule has 0 aromatic heterocycles. The van der Waals surface area contributed by atoms with Gasteiger partial charge in [-0.25, -0.2) is 4.79 Å². The fraction of sp³-hybridized carbons (Fsp3) is 0.500. The van der Waals surface area contributed by atoms with Crippen LogP contribution in [0.25, 0.3) is 0 Å². The summed E-state index contributed by atoms with van der Waals surface area (Å²) in [5, 5.41) is 3.09. The van der Waals surface area contributed by atoms with Crippen molar-refractivity contribution in [3.63, 3.8) is 0 Å². The highest BCUT2D eigenvalue weighted by Crippen LogP contribution is 2.13. The Hall–Kier alpha value is -1.35. The monoisotopic (exact) mass is 235 g/mol. The van der Waals surface area contributed by atoms with Gasteiger partial charge in [0.25, 0.3) is 0 Å². The van der Waals surface area contributed by atoms with Crippen molar-refractivity contribution in [2.75, 3.05) is 13.6 Å². The Bertz CT molecular complexity index is 380. The van der Waals surface area contributed by atoms with Crippen LogP contribution >= 0.6 is 0 Å². The van der Waals surface area contributed by atoms with Gasteiger partial charge in [-0.3, -0.25) is 0 Å². The molecule has 3 heteroatoms. The summed E-state index contributed by atoms with van der Waals surface area (Å²) in [6.45, 7) is 6.51. The number of rotatable bonds is 4. The lowest BCUT2D eigenvalue weighted by Crippen LogP contribution is -2.24. The number of esters is 1. The maximum absolute atomic E-state index is 11.8. The van der Waals surface area contributed by atoms with Crippen LogP contribution in [0.4, 0.5) is 0 Å². The van der Waals surface area contributed by atoms with Crippen molar-refractivity contribution in [3.8, 4) is 0 Å². The third kappa shape index (κ3) is 5.00. The van der Waals surface area contributed by atoms with Crippen molar-refractivity contribution in [2.24, 2.45) is 0 Å². The lowest BCUT2D eigenvalue weighted by Gasteiger charge is -2.19. The SMILES string of the molecule is CNCCc1cccc(C(=O)OC(C)(C)C)c1. The average Bonchev–Trinajstić information content (AvgIpc) is 2.24. The van der Waals surface area contributed by atoms with E-state index in [0.29, 0.717) is 5.56 Å². The van der Waals surface area contributed by atoms with Gasteiger partial charge in [0.05, 0.1) is 5.56 Å². The molecule has 0 radical (unpaired) electrons. The second kappa shape index (κ2) is 5.82. The maximum atomic E-state index is 11.8. The van der Waals surface area contributed by atoms with E-state index >= 15 is 0 Å². The highest BCUT2D eigenvalue weighted by atomic mass is 16.6. The first-order chi connectivity index (χ1) is 7.92. The quantitative estimate of drug-likeness (QED) is 0.814. The van der Waals surface area contributed by atoms with Gasteiger partial charge in [0.15, 0.2) is 0 Å². The van der Waals surface area contributed by atoms with E-state index in [2.05, 4.69) is 5.32 Å². The van der Waals surface area contributed by atoms with E-state index in [1.807, 2.05) is 46.0 Å². The first kappa shape index (κ1) is 13.7. The van der Waals surface area contributed by atoms with Crippen molar-refractivity contribution in [2.45, 2.75) is 32.8 Å². The number of likely N-dealkylation sites (N-methyl/N-ethyl adjacent to an activating group) is 1. The van der Waals surface area contributed by atoms with Gasteiger partial charge in [-0.1, -0.05) is 12.1 Å². The molecule has 17 heavy (non-hydrogen) atoms. The Morgan fingerprint density at radius 2 is 2.06 bits per heavy atom. The van der Waals surface area contributed by atoms with Gasteiger partial charge in [-0.05, 0) is 58.5 Å². The van der Waals surface area contributed by atoms with Crippen LogP contribution in [0.5, 0.6) is 0 Å². The van der Waals surface area contributed by atoms with Crippen molar-refractivity contribution < 1.29 is 9.53 Å². The van der Waals surface area contributed by atoms with Gasteiger partial charge < -0.3 is 10.1 Å². The molecule has 0 bridgehead atoms. The molecular formula is C14H21NO2. The highest BCUT2D eigenvalue weighted by Gasteiger charge is 2.17. The fourth-order valence-corrected chi connectivity index (χ4v) is 1.46. The van der Waals surface area contributed by atoms with E-state index in [1.54, 1.807) is 6.07 Å². The van der Waals surface area contributed by atoms with Gasteiger partial charge in [-0.15, -0.1) is 0 Å². The van der Waals surface area contributed by atoms with Gasteiger partial charge in [0.1, 0.15) is 5.60 Å². The summed E-state index contributed by atoms with van der Waals surface area (Å²) < 4.78 is 5.33. The van der Waals surface area contributed by atoms with Crippen molar-refractivity contribution >= 4 is 5.97 Å². The molecule has 0 aliphatic heterocycles. The number of nitrogens with one attached hydrogen (secondary N) is 1. The Kier molecular flexibility index (Phi) is 4.70. The van der Waals surface area contributed by atoms with Crippen LogP contribution in [-0.2, 0) is 11.2 Å². The van der Waals surface area contributed by atoms with E-state index in [4.69, 9.17) is 4.74 Å². The van der Waals surface area contributed by atoms with Crippen LogP contribution in [0.15, 0.2) is 24.3 Å². The average molecular weight is 235 g/mol. The fourth-order valence-electron chi connectivity index (χ4n) is 1.46. The summed E-state index contributed by atoms with van der Waals surface area (Å²) in [7, 11) is 1.91. The molecule has 1 N–H and O–H groups in total. The number of hydrogen-bond donors (Lipinski definition) is 1. The Labute approximate surface area is 103 Å². The molecule has 94 valence electrons. The van der Waals surface area contributed by atoms with Crippen LogP contribution in [0.1, 0.15) is 36.7 Å². The molecule has 1 aromatic rings. The molecule has 0 spiro atoms. The van der Waals surface area contributed by atoms with Crippen molar-refractivity contribution in [1.82, 2.24) is 5.32 Å². The van der Waals surface area contributed by atoms with E-state index in [0.717, 1.165) is 18.5 Å². The lowest BCUT2D eigenvalue weighted by molar-refractivity contribution is 0.00694. The van der Waals surface area contributed by atoms with E-state index in [1.165, 1.54) is 0 Å². The zero-order chi connectivity index (χ0) is 12.9. The summed E-state index contributed by atoms with van der Waals surface area (Å²) >= 11 is 0. The molecule has 0 saturated heterocycles. The molecule has 0 heterocycles. The van der Waals surface area contributed by atoms with E-state index in [-0.39, 0.29) is 5.97 Å². The molecular weight excluding hydrogens is 214 g/mol. The molecule has 3 nitrogen and oxygen atoms in total. The summed E-state index contributed by atoms with van der Waals surface area (Å²) in [6.07, 6.45) is 0.910. The van der Waals surface area contributed by atoms with Gasteiger partial charge in [0, 0.05) is 0 Å². The van der Waals surface area contributed by atoms with Crippen LogP contribution in [0.3, 0.4) is 0 Å². The summed E-state index contributed by atoms with van der Waals surface area (Å²) in [5.74, 6) is -0.260. The third-order valence-electron chi connectivity index (χ3n) is 2.23. The minimum absolute atomic E-state index is 0.260. The Morgan fingerprint density at radius 1 is 1.35 bits per heavy atom. The number of benzene rings is 1. The van der Waals surface area contributed by atoms with Crippen molar-refractivity contribution in [1.29, 1.82) is 0 Å². The normalized spacial score (nSPS) is 11.3. The number of hydrogen-bond acceptors (Lipinski definition) is 3. The highest BCUT2D eigenvalue weighted by molar-refractivity contribution is 5.89. The van der Waals surface area contributed by atoms with E-state index < -0.39 is 5.60 Å². The first-order valence-corrected chi connectivity index (χ1v) is 5.89. The molecule has 0 atom stereocenters. The first-order valence-electron chi connectivity index (χ1n) is 5.89. The molecule has 1 aromatic carbocycles. The van der Waals surface area contributed by atoms with Crippen LogP contribution in [-0.4, -0.2) is 25.2 Å². The third-order valence-corrected chi connectivity index (χ3v) is 2.23. The molecule has 0 fully saturated rings. The Morgan fingerprint density at radius 3 is 2.65 bits per heavy atom. The molecule has 0 amide bonds. The smallest absolute Gasteiger partial charge is 0.338 e. The van der Waals surface area contributed by atoms with Gasteiger partial charge in [0.2, 0.25) is 0 Å². The van der Waals surface area contributed by atoms with Gasteiger partial charge >= 0.3 is 5.97 Å². The zero-order valence-corrected chi connectivity index (χ0v) is 11.0. The van der Waals surface area contributed by atoms with Crippen molar-refractivity contribution in [3.05, 3.63) is 35.4 Å². The molecule has 1 rings (SSSR count). The zero-order valence-electron chi connectivity index (χ0n) is 11.0. The summed E-state index contributed by atoms with van der Waals surface area (Å²) in [5.41, 5.74) is 1.31. The van der Waals surface area contributed by atoms with Crippen LogP contribution in [0, 0.1) is 0 Å². The molecule has 0 unspecified atom stereocenters. The summed E-state index contributed by atoms with van der Waals surface area (Å²) in [4.78, 5) is 11.8. The number of ether oxygens (including phenoxy) is 1. The topological polar surface area (TPSA) is 38.3 Å². The minimum atomic E-state index is -0.446. The predicted octanol–water partition coefficient (Wildman–Crippen LogP) is 2.40. The minimum Gasteiger partial charge on any atom is -0.456 e. The second-order valence-electron chi connectivity index (χ2n) is 5.06. The standard InChI is InChI=1S/C14H21NO2/c1-14(2,3)17-13(16)12-7-5-6-11(10-12)8-9-15-4/h5-7,10,15H,8-9H2,1-4H3. The van der Waals surface area contributed by atoms with Crippen LogP contribution < -0.4 is 5.32 Å². The van der Waals surface area contributed by atoms with Gasteiger partial charge in [-0.2, -0.15) is 0 Å². The largest absolute Gasteiger partial charge is 0.456 e. The number of carbonyl (C=O) groups excluding carboxylic acids is 1. The maximum Gasteiger partial charge on any atom is 0.338 e.